The number of likely N-dealkylation sites (tertiary alicyclic amines) is 1. The predicted octanol–water partition coefficient (Wildman–Crippen LogP) is 1.29. The fourth-order valence-electron chi connectivity index (χ4n) is 2.41. The van der Waals surface area contributed by atoms with Gasteiger partial charge in [-0.2, -0.15) is 0 Å². The molecule has 1 aliphatic rings. The Balaban J connectivity index is 2.94. The van der Waals surface area contributed by atoms with Gasteiger partial charge >= 0.3 is 5.97 Å². The number of carbonyl (C=O) groups is 3. The number of carboxylic acid groups (broad SMARTS) is 1. The molecule has 0 bridgehead atoms. The molecule has 1 saturated heterocycles. The van der Waals surface area contributed by atoms with Crippen LogP contribution >= 0.6 is 0 Å². The highest BCUT2D eigenvalue weighted by atomic mass is 16.5. The van der Waals surface area contributed by atoms with Crippen LogP contribution in [0.25, 0.3) is 0 Å². The lowest BCUT2D eigenvalue weighted by molar-refractivity contribution is -0.156. The maximum absolute atomic E-state index is 12.5. The lowest BCUT2D eigenvalue weighted by Crippen LogP contribution is -2.47. The number of aliphatic carboxylic acids is 1. The summed E-state index contributed by atoms with van der Waals surface area (Å²) in [5.41, 5.74) is -0.800. The molecule has 2 amide bonds. The van der Waals surface area contributed by atoms with Crippen molar-refractivity contribution in [2.24, 2.45) is 11.3 Å². The molecule has 2 atom stereocenters. The monoisotopic (exact) mass is 285 g/mol. The minimum absolute atomic E-state index is 0.0163. The smallest absolute Gasteiger partial charge is 0.326 e. The third-order valence-corrected chi connectivity index (χ3v) is 4.19. The Morgan fingerprint density at radius 1 is 1.45 bits per heavy atom. The number of imide groups is 1. The number of nitrogens with zero attached hydrogens (tertiary/aromatic N) is 1. The number of ether oxygens (including phenoxy) is 1. The molecule has 0 aliphatic carbocycles. The Bertz CT molecular complexity index is 406. The summed E-state index contributed by atoms with van der Waals surface area (Å²) >= 11 is 0. The summed E-state index contributed by atoms with van der Waals surface area (Å²) in [7, 11) is 1.53. The normalized spacial score (nSPS) is 24.6. The van der Waals surface area contributed by atoms with Crippen molar-refractivity contribution in [3.05, 3.63) is 0 Å². The molecule has 0 aromatic rings. The van der Waals surface area contributed by atoms with E-state index in [1.807, 2.05) is 13.8 Å². The van der Waals surface area contributed by atoms with Gasteiger partial charge in [-0.1, -0.05) is 13.8 Å². The topological polar surface area (TPSA) is 83.9 Å². The second-order valence-corrected chi connectivity index (χ2v) is 5.81. The van der Waals surface area contributed by atoms with Crippen LogP contribution in [-0.2, 0) is 19.1 Å². The van der Waals surface area contributed by atoms with Crippen LogP contribution in [0, 0.1) is 11.3 Å². The fourth-order valence-corrected chi connectivity index (χ4v) is 2.41. The summed E-state index contributed by atoms with van der Waals surface area (Å²) in [6.07, 6.45) is 0.787. The van der Waals surface area contributed by atoms with E-state index in [4.69, 9.17) is 4.74 Å². The van der Waals surface area contributed by atoms with Crippen molar-refractivity contribution in [3.8, 4) is 0 Å². The van der Waals surface area contributed by atoms with Gasteiger partial charge in [-0.3, -0.25) is 14.5 Å². The van der Waals surface area contributed by atoms with Gasteiger partial charge in [-0.15, -0.1) is 0 Å². The molecule has 0 aromatic carbocycles. The van der Waals surface area contributed by atoms with E-state index in [1.165, 1.54) is 7.11 Å². The van der Waals surface area contributed by atoms with Crippen LogP contribution < -0.4 is 0 Å². The molecule has 0 saturated carbocycles. The van der Waals surface area contributed by atoms with Gasteiger partial charge in [0.15, 0.2) is 0 Å². The number of methoxy groups -OCH3 is 1. The summed E-state index contributed by atoms with van der Waals surface area (Å²) in [5, 5.41) is 9.29. The molecule has 1 rings (SSSR count). The van der Waals surface area contributed by atoms with Crippen LogP contribution in [0.15, 0.2) is 0 Å². The Morgan fingerprint density at radius 3 is 2.45 bits per heavy atom. The molecule has 6 nitrogen and oxygen atoms in total. The van der Waals surface area contributed by atoms with Crippen LogP contribution in [-0.4, -0.2) is 47.5 Å². The first kappa shape index (κ1) is 16.6. The number of rotatable bonds is 7. The average Bonchev–Trinajstić information content (AvgIpc) is 2.58. The molecule has 2 unspecified atom stereocenters. The van der Waals surface area contributed by atoms with Crippen molar-refractivity contribution in [3.63, 3.8) is 0 Å². The summed E-state index contributed by atoms with van der Waals surface area (Å²) in [6, 6.07) is -1.09. The first-order valence-electron chi connectivity index (χ1n) is 6.84. The van der Waals surface area contributed by atoms with Crippen LogP contribution in [0.1, 0.15) is 40.0 Å². The molecule has 6 heteroatoms. The second-order valence-electron chi connectivity index (χ2n) is 5.81. The van der Waals surface area contributed by atoms with Crippen molar-refractivity contribution in [1.29, 1.82) is 0 Å². The van der Waals surface area contributed by atoms with Crippen molar-refractivity contribution in [2.75, 3.05) is 13.7 Å². The predicted molar refractivity (Wildman–Crippen MR) is 71.9 cm³/mol. The number of carbonyl (C=O) groups excluding carboxylic acids is 2. The summed E-state index contributed by atoms with van der Waals surface area (Å²) in [6.45, 7) is 5.87. The summed E-state index contributed by atoms with van der Waals surface area (Å²) in [4.78, 5) is 36.9. The Kier molecular flexibility index (Phi) is 5.28. The van der Waals surface area contributed by atoms with Crippen molar-refractivity contribution in [2.45, 2.75) is 46.1 Å². The minimum Gasteiger partial charge on any atom is -0.480 e. The van der Waals surface area contributed by atoms with Gasteiger partial charge in [-0.05, 0) is 25.7 Å². The molecule has 1 fully saturated rings. The van der Waals surface area contributed by atoms with E-state index in [2.05, 4.69) is 0 Å². The number of carboxylic acids is 1. The third kappa shape index (κ3) is 3.00. The Labute approximate surface area is 119 Å². The first-order valence-corrected chi connectivity index (χ1v) is 6.84. The molecule has 0 radical (unpaired) electrons. The van der Waals surface area contributed by atoms with E-state index in [0.29, 0.717) is 13.0 Å². The molecule has 20 heavy (non-hydrogen) atoms. The summed E-state index contributed by atoms with van der Waals surface area (Å²) in [5.74, 6) is -1.92. The quantitative estimate of drug-likeness (QED) is 0.563. The fraction of sp³-hybridized carbons (Fsp3) is 0.786. The average molecular weight is 285 g/mol. The highest BCUT2D eigenvalue weighted by molar-refractivity contribution is 6.08. The van der Waals surface area contributed by atoms with Crippen LogP contribution in [0.5, 0.6) is 0 Å². The molecule has 1 heterocycles. The molecular weight excluding hydrogens is 262 g/mol. The van der Waals surface area contributed by atoms with Gasteiger partial charge in [-0.25, -0.2) is 4.79 Å². The number of hydrogen-bond acceptors (Lipinski definition) is 4. The van der Waals surface area contributed by atoms with E-state index in [9.17, 15) is 19.5 Å². The molecular formula is C14H23NO5. The van der Waals surface area contributed by atoms with Gasteiger partial charge in [0.05, 0.1) is 5.41 Å². The van der Waals surface area contributed by atoms with E-state index >= 15 is 0 Å². The molecule has 0 aromatic heterocycles. The van der Waals surface area contributed by atoms with Gasteiger partial charge in [0.2, 0.25) is 11.8 Å². The van der Waals surface area contributed by atoms with Crippen molar-refractivity contribution >= 4 is 17.8 Å². The zero-order chi connectivity index (χ0) is 15.5. The van der Waals surface area contributed by atoms with Crippen LogP contribution in [0.2, 0.25) is 0 Å². The number of amides is 2. The number of hydrogen-bond donors (Lipinski definition) is 1. The van der Waals surface area contributed by atoms with Gasteiger partial charge in [0, 0.05) is 20.1 Å². The van der Waals surface area contributed by atoms with Crippen LogP contribution in [0.4, 0.5) is 0 Å². The molecule has 0 spiro atoms. The lowest BCUT2D eigenvalue weighted by Gasteiger charge is -2.28. The Hall–Kier alpha value is -1.43. The van der Waals surface area contributed by atoms with Gasteiger partial charge in [0.1, 0.15) is 6.04 Å². The Morgan fingerprint density at radius 2 is 2.05 bits per heavy atom. The SMILES string of the molecule is COCCCC(C(=O)O)N1C(=O)CC(C)(C(C)C)C1=O. The standard InChI is InChI=1S/C14H23NO5/c1-9(2)14(3)8-11(16)15(13(14)19)10(12(17)18)6-5-7-20-4/h9-10H,5-8H2,1-4H3,(H,17,18). The van der Waals surface area contributed by atoms with E-state index in [0.717, 1.165) is 4.90 Å². The van der Waals surface area contributed by atoms with Gasteiger partial charge in [0.25, 0.3) is 0 Å². The maximum atomic E-state index is 12.5. The van der Waals surface area contributed by atoms with E-state index in [-0.39, 0.29) is 24.7 Å². The van der Waals surface area contributed by atoms with Crippen molar-refractivity contribution in [1.82, 2.24) is 4.90 Å². The lowest BCUT2D eigenvalue weighted by atomic mass is 9.78. The largest absolute Gasteiger partial charge is 0.480 e. The second kappa shape index (κ2) is 6.35. The van der Waals surface area contributed by atoms with E-state index < -0.39 is 23.3 Å². The first-order chi connectivity index (χ1) is 9.25. The highest BCUT2D eigenvalue weighted by Gasteiger charge is 2.53. The summed E-state index contributed by atoms with van der Waals surface area (Å²) < 4.78 is 4.89. The van der Waals surface area contributed by atoms with Crippen molar-refractivity contribution < 1.29 is 24.2 Å². The molecule has 114 valence electrons. The maximum Gasteiger partial charge on any atom is 0.326 e. The third-order valence-electron chi connectivity index (χ3n) is 4.19. The molecule has 1 aliphatic heterocycles. The zero-order valence-corrected chi connectivity index (χ0v) is 12.5. The minimum atomic E-state index is -1.14. The van der Waals surface area contributed by atoms with E-state index in [1.54, 1.807) is 6.92 Å². The zero-order valence-electron chi connectivity index (χ0n) is 12.5. The molecule has 1 N–H and O–H groups in total. The van der Waals surface area contributed by atoms with Crippen LogP contribution in [0.3, 0.4) is 0 Å². The van der Waals surface area contributed by atoms with Gasteiger partial charge < -0.3 is 9.84 Å². The highest BCUT2D eigenvalue weighted by Crippen LogP contribution is 2.40.